The second kappa shape index (κ2) is 8.96. The molecule has 1 N–H and O–H groups in total. The van der Waals surface area contributed by atoms with Crippen LogP contribution in [0.1, 0.15) is 21.8 Å². The number of ether oxygens (including phenoxy) is 2. The Morgan fingerprint density at radius 1 is 1.04 bits per heavy atom. The molecule has 26 heavy (non-hydrogen) atoms. The standard InChI is InChI=1S/C19H19N3O3S/c1-24-15-11-9-14(10-12-15)18(23)20-19-22-21-17(26-19)8-5-13-25-16-6-3-2-4-7-16/h2-4,6-7,9-12H,5,8,13H2,1H3,(H,20,22,23). The number of nitrogens with one attached hydrogen (secondary N) is 1. The molecule has 0 unspecified atom stereocenters. The number of anilines is 1. The van der Waals surface area contributed by atoms with Crippen LogP contribution < -0.4 is 14.8 Å². The molecule has 0 bridgehead atoms. The van der Waals surface area contributed by atoms with Crippen LogP contribution in [0, 0.1) is 0 Å². The van der Waals surface area contributed by atoms with Crippen LogP contribution in [-0.2, 0) is 6.42 Å². The largest absolute Gasteiger partial charge is 0.497 e. The lowest BCUT2D eigenvalue weighted by Crippen LogP contribution is -2.11. The van der Waals surface area contributed by atoms with Gasteiger partial charge in [-0.15, -0.1) is 10.2 Å². The third-order valence-corrected chi connectivity index (χ3v) is 4.48. The van der Waals surface area contributed by atoms with Crippen molar-refractivity contribution < 1.29 is 14.3 Å². The highest BCUT2D eigenvalue weighted by Gasteiger charge is 2.10. The second-order valence-corrected chi connectivity index (χ2v) is 6.51. The Bertz CT molecular complexity index is 835. The first kappa shape index (κ1) is 17.9. The molecule has 7 heteroatoms. The Morgan fingerprint density at radius 2 is 1.81 bits per heavy atom. The Balaban J connectivity index is 1.45. The van der Waals surface area contributed by atoms with Crippen LogP contribution >= 0.6 is 11.3 Å². The van der Waals surface area contributed by atoms with Gasteiger partial charge in [-0.2, -0.15) is 0 Å². The van der Waals surface area contributed by atoms with E-state index in [0.29, 0.717) is 23.1 Å². The Kier molecular flexibility index (Phi) is 6.16. The minimum atomic E-state index is -0.220. The van der Waals surface area contributed by atoms with Crippen molar-refractivity contribution in [3.05, 3.63) is 65.2 Å². The van der Waals surface area contributed by atoms with Gasteiger partial charge in [-0.25, -0.2) is 0 Å². The quantitative estimate of drug-likeness (QED) is 0.611. The topological polar surface area (TPSA) is 73.3 Å². The van der Waals surface area contributed by atoms with E-state index in [1.54, 1.807) is 31.4 Å². The van der Waals surface area contributed by atoms with Gasteiger partial charge in [-0.05, 0) is 42.8 Å². The molecular weight excluding hydrogens is 350 g/mol. The van der Waals surface area contributed by atoms with Crippen LogP contribution in [0.4, 0.5) is 5.13 Å². The van der Waals surface area contributed by atoms with E-state index in [4.69, 9.17) is 9.47 Å². The van der Waals surface area contributed by atoms with E-state index >= 15 is 0 Å². The van der Waals surface area contributed by atoms with Gasteiger partial charge < -0.3 is 9.47 Å². The molecule has 0 atom stereocenters. The number of hydrogen-bond donors (Lipinski definition) is 1. The van der Waals surface area contributed by atoms with Crippen molar-refractivity contribution >= 4 is 22.4 Å². The van der Waals surface area contributed by atoms with Crippen molar-refractivity contribution in [1.82, 2.24) is 10.2 Å². The average Bonchev–Trinajstić information content (AvgIpc) is 3.13. The van der Waals surface area contributed by atoms with Crippen molar-refractivity contribution in [2.24, 2.45) is 0 Å². The Hall–Kier alpha value is -2.93. The number of amides is 1. The fourth-order valence-electron chi connectivity index (χ4n) is 2.25. The van der Waals surface area contributed by atoms with E-state index in [2.05, 4.69) is 15.5 Å². The van der Waals surface area contributed by atoms with Gasteiger partial charge in [0.05, 0.1) is 13.7 Å². The summed E-state index contributed by atoms with van der Waals surface area (Å²) >= 11 is 1.38. The molecule has 0 fully saturated rings. The second-order valence-electron chi connectivity index (χ2n) is 5.45. The van der Waals surface area contributed by atoms with Crippen molar-refractivity contribution in [1.29, 1.82) is 0 Å². The van der Waals surface area contributed by atoms with Gasteiger partial charge in [-0.3, -0.25) is 10.1 Å². The zero-order valence-corrected chi connectivity index (χ0v) is 15.2. The molecule has 0 aliphatic rings. The van der Waals surface area contributed by atoms with Crippen molar-refractivity contribution in [3.63, 3.8) is 0 Å². The number of nitrogens with zero attached hydrogens (tertiary/aromatic N) is 2. The molecule has 0 spiro atoms. The SMILES string of the molecule is COc1ccc(C(=O)Nc2nnc(CCCOc3ccccc3)s2)cc1. The fraction of sp³-hybridized carbons (Fsp3) is 0.211. The zero-order chi connectivity index (χ0) is 18.2. The van der Waals surface area contributed by atoms with Crippen LogP contribution in [0.3, 0.4) is 0 Å². The van der Waals surface area contributed by atoms with Crippen molar-refractivity contribution in [2.75, 3.05) is 19.0 Å². The zero-order valence-electron chi connectivity index (χ0n) is 14.3. The summed E-state index contributed by atoms with van der Waals surface area (Å²) in [4.78, 5) is 12.2. The van der Waals surface area contributed by atoms with Gasteiger partial charge in [0.15, 0.2) is 0 Å². The van der Waals surface area contributed by atoms with Crippen molar-refractivity contribution in [2.45, 2.75) is 12.8 Å². The molecule has 1 heterocycles. The molecular formula is C19H19N3O3S. The number of benzene rings is 2. The number of carbonyl (C=O) groups excluding carboxylic acids is 1. The minimum absolute atomic E-state index is 0.220. The Labute approximate surface area is 155 Å². The van der Waals surface area contributed by atoms with Gasteiger partial charge in [-0.1, -0.05) is 29.5 Å². The molecule has 0 aliphatic carbocycles. The maximum atomic E-state index is 12.2. The third-order valence-electron chi connectivity index (χ3n) is 3.59. The highest BCUT2D eigenvalue weighted by Crippen LogP contribution is 2.19. The van der Waals surface area contributed by atoms with Gasteiger partial charge in [0.25, 0.3) is 5.91 Å². The van der Waals surface area contributed by atoms with Crippen molar-refractivity contribution in [3.8, 4) is 11.5 Å². The van der Waals surface area contributed by atoms with Gasteiger partial charge in [0, 0.05) is 12.0 Å². The lowest BCUT2D eigenvalue weighted by atomic mass is 10.2. The first-order valence-corrected chi connectivity index (χ1v) is 9.02. The molecule has 0 saturated heterocycles. The summed E-state index contributed by atoms with van der Waals surface area (Å²) in [6.45, 7) is 0.608. The van der Waals surface area contributed by atoms with E-state index in [0.717, 1.165) is 23.6 Å². The first-order valence-electron chi connectivity index (χ1n) is 8.20. The average molecular weight is 369 g/mol. The van der Waals surface area contributed by atoms with Crippen LogP contribution in [0.5, 0.6) is 11.5 Å². The summed E-state index contributed by atoms with van der Waals surface area (Å²) in [7, 11) is 1.59. The summed E-state index contributed by atoms with van der Waals surface area (Å²) in [6, 6.07) is 16.6. The molecule has 0 radical (unpaired) electrons. The van der Waals surface area contributed by atoms with E-state index in [1.807, 2.05) is 30.3 Å². The number of hydrogen-bond acceptors (Lipinski definition) is 6. The molecule has 3 rings (SSSR count). The van der Waals surface area contributed by atoms with E-state index in [9.17, 15) is 4.79 Å². The maximum Gasteiger partial charge on any atom is 0.257 e. The maximum absolute atomic E-state index is 12.2. The van der Waals surface area contributed by atoms with E-state index in [-0.39, 0.29) is 5.91 Å². The summed E-state index contributed by atoms with van der Waals surface area (Å²) in [6.07, 6.45) is 1.58. The van der Waals surface area contributed by atoms with Gasteiger partial charge >= 0.3 is 0 Å². The molecule has 0 aliphatic heterocycles. The lowest BCUT2D eigenvalue weighted by Gasteiger charge is -2.04. The number of aryl methyl sites for hydroxylation is 1. The van der Waals surface area contributed by atoms with Crippen LogP contribution in [0.2, 0.25) is 0 Å². The smallest absolute Gasteiger partial charge is 0.257 e. The summed E-state index contributed by atoms with van der Waals surface area (Å²) in [5, 5.41) is 12.3. The number of methoxy groups -OCH3 is 1. The van der Waals surface area contributed by atoms with Crippen LogP contribution in [0.15, 0.2) is 54.6 Å². The molecule has 0 saturated carbocycles. The number of para-hydroxylation sites is 1. The van der Waals surface area contributed by atoms with Crippen LogP contribution in [-0.4, -0.2) is 29.8 Å². The monoisotopic (exact) mass is 369 g/mol. The highest BCUT2D eigenvalue weighted by atomic mass is 32.1. The fourth-order valence-corrected chi connectivity index (χ4v) is 3.02. The van der Waals surface area contributed by atoms with Gasteiger partial charge in [0.1, 0.15) is 16.5 Å². The van der Waals surface area contributed by atoms with Gasteiger partial charge in [0.2, 0.25) is 5.13 Å². The number of carbonyl (C=O) groups is 1. The lowest BCUT2D eigenvalue weighted by molar-refractivity contribution is 0.102. The molecule has 1 amide bonds. The van der Waals surface area contributed by atoms with E-state index in [1.165, 1.54) is 11.3 Å². The minimum Gasteiger partial charge on any atom is -0.497 e. The predicted molar refractivity (Wildman–Crippen MR) is 101 cm³/mol. The van der Waals surface area contributed by atoms with E-state index < -0.39 is 0 Å². The molecule has 2 aromatic carbocycles. The molecule has 1 aromatic heterocycles. The number of aromatic nitrogens is 2. The number of rotatable bonds is 8. The van der Waals surface area contributed by atoms with Crippen LogP contribution in [0.25, 0.3) is 0 Å². The highest BCUT2D eigenvalue weighted by molar-refractivity contribution is 7.15. The third kappa shape index (κ3) is 5.03. The molecule has 3 aromatic rings. The Morgan fingerprint density at radius 3 is 2.54 bits per heavy atom. The summed E-state index contributed by atoms with van der Waals surface area (Å²) in [5.41, 5.74) is 0.541. The molecule has 134 valence electrons. The first-order chi connectivity index (χ1) is 12.7. The summed E-state index contributed by atoms with van der Waals surface area (Å²) in [5.74, 6) is 1.34. The molecule has 6 nitrogen and oxygen atoms in total. The predicted octanol–water partition coefficient (Wildman–Crippen LogP) is 3.81. The summed E-state index contributed by atoms with van der Waals surface area (Å²) < 4.78 is 10.7. The normalized spacial score (nSPS) is 10.3.